The molecule has 0 amide bonds. The van der Waals surface area contributed by atoms with Crippen molar-refractivity contribution in [2.45, 2.75) is 26.7 Å². The zero-order chi connectivity index (χ0) is 10.6. The van der Waals surface area contributed by atoms with Crippen LogP contribution in [0.15, 0.2) is 22.7 Å². The molecule has 0 unspecified atom stereocenters. The average Bonchev–Trinajstić information content (AvgIpc) is 2.15. The predicted octanol–water partition coefficient (Wildman–Crippen LogP) is 4.05. The topological polar surface area (TPSA) is 9.23 Å². The van der Waals surface area contributed by atoms with Gasteiger partial charge in [-0.25, -0.2) is 0 Å². The van der Waals surface area contributed by atoms with E-state index in [4.69, 9.17) is 4.74 Å². The summed E-state index contributed by atoms with van der Waals surface area (Å²) in [5.41, 5.74) is 1.37. The number of aryl methyl sites for hydroxylation is 1. The lowest BCUT2D eigenvalue weighted by molar-refractivity contribution is 0.412. The molecule has 0 heterocycles. The lowest BCUT2D eigenvalue weighted by Crippen LogP contribution is -1.93. The minimum atomic E-state index is 0.760. The zero-order valence-electron chi connectivity index (χ0n) is 9.01. The number of halogens is 1. The van der Waals surface area contributed by atoms with Gasteiger partial charge in [0, 0.05) is 0 Å². The predicted molar refractivity (Wildman–Crippen MR) is 63.9 cm³/mol. The number of ether oxygens (including phenoxy) is 1. The summed E-state index contributed by atoms with van der Waals surface area (Å²) < 4.78 is 6.22. The second-order valence-electron chi connectivity index (χ2n) is 3.90. The van der Waals surface area contributed by atoms with Crippen LogP contribution in [-0.4, -0.2) is 7.11 Å². The third-order valence-corrected chi connectivity index (χ3v) is 2.85. The van der Waals surface area contributed by atoms with E-state index < -0.39 is 0 Å². The highest BCUT2D eigenvalue weighted by Crippen LogP contribution is 2.26. The van der Waals surface area contributed by atoms with Crippen molar-refractivity contribution < 1.29 is 4.74 Å². The molecule has 1 nitrogen and oxygen atoms in total. The summed E-state index contributed by atoms with van der Waals surface area (Å²) in [7, 11) is 1.69. The van der Waals surface area contributed by atoms with Crippen LogP contribution in [0.4, 0.5) is 0 Å². The van der Waals surface area contributed by atoms with Gasteiger partial charge in [-0.1, -0.05) is 19.9 Å². The van der Waals surface area contributed by atoms with E-state index in [1.807, 2.05) is 6.07 Å². The molecular formula is C12H17BrO. The Kier molecular flexibility index (Phi) is 4.46. The lowest BCUT2D eigenvalue weighted by atomic mass is 10.0. The summed E-state index contributed by atoms with van der Waals surface area (Å²) in [6, 6.07) is 6.28. The zero-order valence-corrected chi connectivity index (χ0v) is 10.6. The molecule has 2 heteroatoms. The first-order chi connectivity index (χ1) is 6.63. The molecule has 1 rings (SSSR count). The van der Waals surface area contributed by atoms with Gasteiger partial charge in [-0.05, 0) is 52.4 Å². The number of methoxy groups -OCH3 is 1. The number of hydrogen-bond acceptors (Lipinski definition) is 1. The van der Waals surface area contributed by atoms with Crippen LogP contribution >= 0.6 is 15.9 Å². The van der Waals surface area contributed by atoms with Crippen molar-refractivity contribution in [1.29, 1.82) is 0 Å². The fourth-order valence-corrected chi connectivity index (χ4v) is 1.91. The van der Waals surface area contributed by atoms with E-state index in [-0.39, 0.29) is 0 Å². The molecule has 1 aromatic carbocycles. The molecule has 0 aliphatic heterocycles. The first-order valence-electron chi connectivity index (χ1n) is 4.96. The van der Waals surface area contributed by atoms with Crippen molar-refractivity contribution in [3.05, 3.63) is 28.2 Å². The van der Waals surface area contributed by atoms with Crippen molar-refractivity contribution in [3.8, 4) is 5.75 Å². The SMILES string of the molecule is COc1ccc(CCC(C)C)cc1Br. The molecule has 0 bridgehead atoms. The summed E-state index contributed by atoms with van der Waals surface area (Å²) in [6.07, 6.45) is 2.37. The molecule has 0 N–H and O–H groups in total. The molecule has 0 atom stereocenters. The van der Waals surface area contributed by atoms with Gasteiger partial charge < -0.3 is 4.74 Å². The van der Waals surface area contributed by atoms with Gasteiger partial charge in [0.15, 0.2) is 0 Å². The third-order valence-electron chi connectivity index (χ3n) is 2.23. The summed E-state index contributed by atoms with van der Waals surface area (Å²) >= 11 is 3.49. The van der Waals surface area contributed by atoms with E-state index in [0.29, 0.717) is 0 Å². The highest BCUT2D eigenvalue weighted by Gasteiger charge is 2.02. The molecule has 0 aliphatic rings. The minimum absolute atomic E-state index is 0.760. The van der Waals surface area contributed by atoms with Crippen molar-refractivity contribution in [1.82, 2.24) is 0 Å². The van der Waals surface area contributed by atoms with Crippen LogP contribution in [0, 0.1) is 5.92 Å². The van der Waals surface area contributed by atoms with E-state index >= 15 is 0 Å². The Morgan fingerprint density at radius 2 is 2.07 bits per heavy atom. The van der Waals surface area contributed by atoms with Gasteiger partial charge in [-0.3, -0.25) is 0 Å². The molecule has 1 aromatic rings. The van der Waals surface area contributed by atoms with Gasteiger partial charge in [0.1, 0.15) is 5.75 Å². The maximum atomic E-state index is 5.18. The fourth-order valence-electron chi connectivity index (χ4n) is 1.32. The van der Waals surface area contributed by atoms with Crippen molar-refractivity contribution >= 4 is 15.9 Å². The van der Waals surface area contributed by atoms with Crippen molar-refractivity contribution in [2.75, 3.05) is 7.11 Å². The quantitative estimate of drug-likeness (QED) is 0.790. The smallest absolute Gasteiger partial charge is 0.133 e. The Morgan fingerprint density at radius 3 is 2.57 bits per heavy atom. The summed E-state index contributed by atoms with van der Waals surface area (Å²) in [5.74, 6) is 1.66. The highest BCUT2D eigenvalue weighted by atomic mass is 79.9. The van der Waals surface area contributed by atoms with Crippen LogP contribution in [0.25, 0.3) is 0 Å². The first-order valence-corrected chi connectivity index (χ1v) is 5.75. The summed E-state index contributed by atoms with van der Waals surface area (Å²) in [5, 5.41) is 0. The Morgan fingerprint density at radius 1 is 1.36 bits per heavy atom. The van der Waals surface area contributed by atoms with Gasteiger partial charge >= 0.3 is 0 Å². The minimum Gasteiger partial charge on any atom is -0.496 e. The largest absolute Gasteiger partial charge is 0.496 e. The summed E-state index contributed by atoms with van der Waals surface area (Å²) in [6.45, 7) is 4.50. The monoisotopic (exact) mass is 256 g/mol. The molecule has 0 saturated heterocycles. The van der Waals surface area contributed by atoms with E-state index in [9.17, 15) is 0 Å². The molecule has 14 heavy (non-hydrogen) atoms. The van der Waals surface area contributed by atoms with Crippen LogP contribution in [0.5, 0.6) is 5.75 Å². The van der Waals surface area contributed by atoms with Crippen LogP contribution in [-0.2, 0) is 6.42 Å². The van der Waals surface area contributed by atoms with E-state index in [2.05, 4.69) is 41.9 Å². The summed E-state index contributed by atoms with van der Waals surface area (Å²) in [4.78, 5) is 0. The van der Waals surface area contributed by atoms with Crippen LogP contribution in [0.1, 0.15) is 25.8 Å². The molecule has 0 fully saturated rings. The average molecular weight is 257 g/mol. The molecule has 0 saturated carbocycles. The molecule has 0 aliphatic carbocycles. The van der Waals surface area contributed by atoms with Gasteiger partial charge in [-0.15, -0.1) is 0 Å². The molecule has 0 radical (unpaired) electrons. The van der Waals surface area contributed by atoms with Crippen LogP contribution in [0.2, 0.25) is 0 Å². The second kappa shape index (κ2) is 5.40. The molecule has 78 valence electrons. The molecular weight excluding hydrogens is 240 g/mol. The number of benzene rings is 1. The maximum Gasteiger partial charge on any atom is 0.133 e. The highest BCUT2D eigenvalue weighted by molar-refractivity contribution is 9.10. The van der Waals surface area contributed by atoms with Crippen molar-refractivity contribution in [3.63, 3.8) is 0 Å². The van der Waals surface area contributed by atoms with Crippen molar-refractivity contribution in [2.24, 2.45) is 5.92 Å². The third kappa shape index (κ3) is 3.33. The van der Waals surface area contributed by atoms with Gasteiger partial charge in [0.05, 0.1) is 11.6 Å². The van der Waals surface area contributed by atoms with E-state index in [0.717, 1.165) is 22.6 Å². The van der Waals surface area contributed by atoms with E-state index in [1.165, 1.54) is 12.0 Å². The number of rotatable bonds is 4. The van der Waals surface area contributed by atoms with Crippen LogP contribution < -0.4 is 4.74 Å². The normalized spacial score (nSPS) is 10.6. The van der Waals surface area contributed by atoms with E-state index in [1.54, 1.807) is 7.11 Å². The van der Waals surface area contributed by atoms with Gasteiger partial charge in [-0.2, -0.15) is 0 Å². The fraction of sp³-hybridized carbons (Fsp3) is 0.500. The van der Waals surface area contributed by atoms with Gasteiger partial charge in [0.2, 0.25) is 0 Å². The molecule has 0 aromatic heterocycles. The van der Waals surface area contributed by atoms with Crippen LogP contribution in [0.3, 0.4) is 0 Å². The second-order valence-corrected chi connectivity index (χ2v) is 4.76. The lowest BCUT2D eigenvalue weighted by Gasteiger charge is -2.07. The standard InChI is InChI=1S/C12H17BrO/c1-9(2)4-5-10-6-7-12(14-3)11(13)8-10/h6-9H,4-5H2,1-3H3. The Labute approximate surface area is 94.6 Å². The Bertz CT molecular complexity index is 294. The number of hydrogen-bond donors (Lipinski definition) is 0. The van der Waals surface area contributed by atoms with Gasteiger partial charge in [0.25, 0.3) is 0 Å². The Hall–Kier alpha value is -0.500. The maximum absolute atomic E-state index is 5.18. The first kappa shape index (κ1) is 11.6. The molecule has 0 spiro atoms. The Balaban J connectivity index is 2.66.